The number of rotatable bonds is 5. The third-order valence-corrected chi connectivity index (χ3v) is 6.45. The van der Waals surface area contributed by atoms with Gasteiger partial charge >= 0.3 is 0 Å². The van der Waals surface area contributed by atoms with E-state index in [9.17, 15) is 0 Å². The molecule has 33 heavy (non-hydrogen) atoms. The molecular formula is C28H30N2O3. The predicted molar refractivity (Wildman–Crippen MR) is 130 cm³/mol. The number of fused-ring (bicyclic) bond motifs is 2. The molecule has 0 aliphatic carbocycles. The number of benzene rings is 2. The minimum atomic E-state index is 0.144. The van der Waals surface area contributed by atoms with Gasteiger partial charge in [-0.05, 0) is 53.6 Å². The van der Waals surface area contributed by atoms with Crippen molar-refractivity contribution >= 4 is 11.0 Å². The Labute approximate surface area is 194 Å². The minimum Gasteiger partial charge on any atom is -0.487 e. The molecule has 0 unspecified atom stereocenters. The molecule has 4 aromatic rings. The van der Waals surface area contributed by atoms with E-state index in [2.05, 4.69) is 68.4 Å². The molecule has 1 aliphatic heterocycles. The van der Waals surface area contributed by atoms with Gasteiger partial charge in [0.2, 0.25) is 6.79 Å². The van der Waals surface area contributed by atoms with Crippen LogP contribution in [0.1, 0.15) is 48.7 Å². The fourth-order valence-electron chi connectivity index (χ4n) is 4.31. The van der Waals surface area contributed by atoms with Crippen LogP contribution in [0.25, 0.3) is 11.0 Å². The van der Waals surface area contributed by atoms with Crippen LogP contribution in [0.5, 0.6) is 17.2 Å². The molecule has 0 spiro atoms. The number of aryl methyl sites for hydroxylation is 1. The summed E-state index contributed by atoms with van der Waals surface area (Å²) in [6.45, 7) is 12.5. The number of ether oxygens (including phenoxy) is 3. The maximum atomic E-state index is 6.32. The highest BCUT2D eigenvalue weighted by Gasteiger charge is 2.19. The summed E-state index contributed by atoms with van der Waals surface area (Å²) in [5, 5.41) is 0. The highest BCUT2D eigenvalue weighted by atomic mass is 16.7. The van der Waals surface area contributed by atoms with Gasteiger partial charge in [-0.3, -0.25) is 4.98 Å². The summed E-state index contributed by atoms with van der Waals surface area (Å²) >= 11 is 0. The molecule has 0 bridgehead atoms. The van der Waals surface area contributed by atoms with Gasteiger partial charge < -0.3 is 18.8 Å². The molecule has 1 aliphatic rings. The highest BCUT2D eigenvalue weighted by Crippen LogP contribution is 2.35. The maximum Gasteiger partial charge on any atom is 0.231 e. The van der Waals surface area contributed by atoms with Crippen molar-refractivity contribution in [2.75, 3.05) is 6.79 Å². The Kier molecular flexibility index (Phi) is 5.28. The zero-order chi connectivity index (χ0) is 23.2. The second-order valence-corrected chi connectivity index (χ2v) is 9.73. The van der Waals surface area contributed by atoms with Gasteiger partial charge in [0.15, 0.2) is 11.5 Å². The SMILES string of the molecule is Cc1c(C)n(Cc2ccc(C(C)(C)C)cc2)c2c(OCc3ccc4c(c3)OCO4)ccnc12. The van der Waals surface area contributed by atoms with Crippen molar-refractivity contribution in [3.8, 4) is 17.2 Å². The van der Waals surface area contributed by atoms with Crippen molar-refractivity contribution in [1.29, 1.82) is 0 Å². The first kappa shape index (κ1) is 21.4. The first-order valence-corrected chi connectivity index (χ1v) is 11.4. The zero-order valence-electron chi connectivity index (χ0n) is 19.9. The summed E-state index contributed by atoms with van der Waals surface area (Å²) in [5.41, 5.74) is 8.19. The summed E-state index contributed by atoms with van der Waals surface area (Å²) in [7, 11) is 0. The fourth-order valence-corrected chi connectivity index (χ4v) is 4.31. The van der Waals surface area contributed by atoms with Crippen molar-refractivity contribution in [3.63, 3.8) is 0 Å². The summed E-state index contributed by atoms with van der Waals surface area (Å²) in [6.07, 6.45) is 1.83. The van der Waals surface area contributed by atoms with Gasteiger partial charge in [0.1, 0.15) is 17.9 Å². The van der Waals surface area contributed by atoms with Crippen LogP contribution in [0.4, 0.5) is 0 Å². The quantitative estimate of drug-likeness (QED) is 0.363. The van der Waals surface area contributed by atoms with Gasteiger partial charge in [0, 0.05) is 24.5 Å². The Morgan fingerprint density at radius 3 is 2.42 bits per heavy atom. The highest BCUT2D eigenvalue weighted by molar-refractivity contribution is 5.86. The third-order valence-electron chi connectivity index (χ3n) is 6.45. The van der Waals surface area contributed by atoms with E-state index in [0.717, 1.165) is 40.4 Å². The van der Waals surface area contributed by atoms with E-state index in [1.165, 1.54) is 22.4 Å². The number of hydrogen-bond donors (Lipinski definition) is 0. The van der Waals surface area contributed by atoms with E-state index < -0.39 is 0 Å². The summed E-state index contributed by atoms with van der Waals surface area (Å²) in [4.78, 5) is 4.68. The van der Waals surface area contributed by atoms with Crippen molar-refractivity contribution in [2.24, 2.45) is 0 Å². The average Bonchev–Trinajstić information content (AvgIpc) is 3.36. The van der Waals surface area contributed by atoms with Crippen LogP contribution in [0.2, 0.25) is 0 Å². The summed E-state index contributed by atoms with van der Waals surface area (Å²) < 4.78 is 19.6. The number of nitrogens with zero attached hydrogens (tertiary/aromatic N) is 2. The van der Waals surface area contributed by atoms with Gasteiger partial charge in [-0.1, -0.05) is 51.1 Å². The Hall–Kier alpha value is -3.47. The fraction of sp³-hybridized carbons (Fsp3) is 0.321. The van der Waals surface area contributed by atoms with Crippen molar-refractivity contribution in [3.05, 3.63) is 82.7 Å². The lowest BCUT2D eigenvalue weighted by Gasteiger charge is -2.19. The molecule has 0 radical (unpaired) electrons. The number of pyridine rings is 1. The molecule has 0 N–H and O–H groups in total. The van der Waals surface area contributed by atoms with Crippen LogP contribution in [-0.2, 0) is 18.6 Å². The number of aromatic nitrogens is 2. The second kappa shape index (κ2) is 8.14. The van der Waals surface area contributed by atoms with Crippen molar-refractivity contribution in [2.45, 2.75) is 53.2 Å². The normalized spacial score (nSPS) is 13.0. The lowest BCUT2D eigenvalue weighted by atomic mass is 9.87. The average molecular weight is 443 g/mol. The number of hydrogen-bond acceptors (Lipinski definition) is 4. The lowest BCUT2D eigenvalue weighted by molar-refractivity contribution is 0.174. The van der Waals surface area contributed by atoms with E-state index in [-0.39, 0.29) is 12.2 Å². The van der Waals surface area contributed by atoms with E-state index in [0.29, 0.717) is 6.61 Å². The molecule has 0 amide bonds. The monoisotopic (exact) mass is 442 g/mol. The molecule has 0 saturated heterocycles. The minimum absolute atomic E-state index is 0.144. The molecule has 3 heterocycles. The molecule has 0 atom stereocenters. The predicted octanol–water partition coefficient (Wildman–Crippen LogP) is 6.31. The second-order valence-electron chi connectivity index (χ2n) is 9.73. The smallest absolute Gasteiger partial charge is 0.231 e. The Morgan fingerprint density at radius 1 is 0.939 bits per heavy atom. The van der Waals surface area contributed by atoms with Crippen LogP contribution < -0.4 is 14.2 Å². The maximum absolute atomic E-state index is 6.32. The first-order chi connectivity index (χ1) is 15.8. The largest absolute Gasteiger partial charge is 0.487 e. The molecule has 5 rings (SSSR count). The van der Waals surface area contributed by atoms with Crippen LogP contribution in [0.3, 0.4) is 0 Å². The molecule has 2 aromatic carbocycles. The van der Waals surface area contributed by atoms with Crippen molar-refractivity contribution < 1.29 is 14.2 Å². The van der Waals surface area contributed by atoms with Crippen molar-refractivity contribution in [1.82, 2.24) is 9.55 Å². The summed E-state index contributed by atoms with van der Waals surface area (Å²) in [5.74, 6) is 2.38. The molecular weight excluding hydrogens is 412 g/mol. The Bertz CT molecular complexity index is 1310. The lowest BCUT2D eigenvalue weighted by Crippen LogP contribution is -2.11. The van der Waals surface area contributed by atoms with Gasteiger partial charge in [-0.15, -0.1) is 0 Å². The van der Waals surface area contributed by atoms with E-state index >= 15 is 0 Å². The van der Waals surface area contributed by atoms with Crippen LogP contribution in [0.15, 0.2) is 54.7 Å². The Balaban J connectivity index is 1.46. The van der Waals surface area contributed by atoms with Gasteiger partial charge in [0.05, 0.1) is 5.52 Å². The topological polar surface area (TPSA) is 45.5 Å². The van der Waals surface area contributed by atoms with E-state index in [1.807, 2.05) is 30.5 Å². The van der Waals surface area contributed by atoms with E-state index in [4.69, 9.17) is 14.2 Å². The van der Waals surface area contributed by atoms with Crippen LogP contribution >= 0.6 is 0 Å². The first-order valence-electron chi connectivity index (χ1n) is 11.4. The van der Waals surface area contributed by atoms with Crippen LogP contribution in [-0.4, -0.2) is 16.3 Å². The third kappa shape index (κ3) is 4.04. The molecule has 2 aromatic heterocycles. The molecule has 5 heteroatoms. The van der Waals surface area contributed by atoms with Gasteiger partial charge in [-0.2, -0.15) is 0 Å². The van der Waals surface area contributed by atoms with E-state index in [1.54, 1.807) is 0 Å². The molecule has 0 saturated carbocycles. The molecule has 5 nitrogen and oxygen atoms in total. The van der Waals surface area contributed by atoms with Crippen LogP contribution in [0, 0.1) is 13.8 Å². The van der Waals surface area contributed by atoms with Gasteiger partial charge in [-0.25, -0.2) is 0 Å². The molecule has 170 valence electrons. The summed E-state index contributed by atoms with van der Waals surface area (Å²) in [6, 6.07) is 16.8. The Morgan fingerprint density at radius 2 is 1.67 bits per heavy atom. The standard InChI is InChI=1S/C28H30N2O3/c1-18-19(2)30(15-20-6-9-22(10-7-20)28(3,4)5)27-24(12-13-29-26(18)27)31-16-21-8-11-23-25(14-21)33-17-32-23/h6-14H,15-17H2,1-5H3. The molecule has 0 fully saturated rings. The van der Waals surface area contributed by atoms with Gasteiger partial charge in [0.25, 0.3) is 0 Å². The zero-order valence-corrected chi connectivity index (χ0v) is 19.9.